The van der Waals surface area contributed by atoms with Crippen LogP contribution in [0.5, 0.6) is 5.75 Å². The summed E-state index contributed by atoms with van der Waals surface area (Å²) in [6.45, 7) is 2.91. The molecule has 0 aliphatic carbocycles. The van der Waals surface area contributed by atoms with Crippen molar-refractivity contribution in [2.24, 2.45) is 0 Å². The highest BCUT2D eigenvalue weighted by molar-refractivity contribution is 6.33. The maximum atomic E-state index is 11.0. The normalized spacial score (nSPS) is 10.3. The first-order valence-electron chi connectivity index (χ1n) is 6.69. The van der Waals surface area contributed by atoms with Crippen molar-refractivity contribution in [1.82, 2.24) is 0 Å². The Balaban J connectivity index is 2.11. The van der Waals surface area contributed by atoms with E-state index in [4.69, 9.17) is 33.0 Å². The molecule has 0 amide bonds. The molecule has 6 heteroatoms. The number of carboxylic acids is 1. The molecule has 0 bridgehead atoms. The fourth-order valence-electron chi connectivity index (χ4n) is 1.92. The topological polar surface area (TPSA) is 58.6 Å². The number of aromatic carboxylic acids is 1. The third-order valence-electron chi connectivity index (χ3n) is 2.99. The molecule has 2 N–H and O–H groups in total. The van der Waals surface area contributed by atoms with E-state index >= 15 is 0 Å². The Morgan fingerprint density at radius 1 is 1.18 bits per heavy atom. The molecule has 2 aromatic carbocycles. The summed E-state index contributed by atoms with van der Waals surface area (Å²) in [7, 11) is 0. The van der Waals surface area contributed by atoms with Gasteiger partial charge in [-0.25, -0.2) is 4.79 Å². The summed E-state index contributed by atoms with van der Waals surface area (Å²) in [6.07, 6.45) is 0. The molecule has 0 aromatic heterocycles. The first-order chi connectivity index (χ1) is 10.5. The lowest BCUT2D eigenvalue weighted by molar-refractivity contribution is 0.0697. The van der Waals surface area contributed by atoms with E-state index in [9.17, 15) is 4.79 Å². The number of ether oxygens (including phenoxy) is 1. The fraction of sp³-hybridized carbons (Fsp3) is 0.188. The van der Waals surface area contributed by atoms with E-state index in [1.165, 1.54) is 12.1 Å². The third-order valence-corrected chi connectivity index (χ3v) is 3.62. The standard InChI is InChI=1S/C16H15Cl2NO3/c1-2-22-15-6-3-10(7-13(15)18)9-19-14-8-11(16(20)21)4-5-12(14)17/h3-8,19H,2,9H2,1H3,(H,20,21). The number of hydrogen-bond donors (Lipinski definition) is 2. The van der Waals surface area contributed by atoms with Crippen molar-refractivity contribution >= 4 is 34.9 Å². The molecule has 116 valence electrons. The van der Waals surface area contributed by atoms with Crippen LogP contribution in [0.4, 0.5) is 5.69 Å². The van der Waals surface area contributed by atoms with Crippen LogP contribution in [0.2, 0.25) is 10.0 Å². The van der Waals surface area contributed by atoms with Crippen LogP contribution in [0.1, 0.15) is 22.8 Å². The third kappa shape index (κ3) is 4.06. The molecule has 4 nitrogen and oxygen atoms in total. The van der Waals surface area contributed by atoms with Crippen LogP contribution in [0.25, 0.3) is 0 Å². The summed E-state index contributed by atoms with van der Waals surface area (Å²) < 4.78 is 5.38. The molecule has 0 radical (unpaired) electrons. The number of carbonyl (C=O) groups is 1. The second-order valence-corrected chi connectivity index (χ2v) is 5.37. The molecule has 2 aromatic rings. The minimum atomic E-state index is -0.996. The number of carboxylic acid groups (broad SMARTS) is 1. The highest BCUT2D eigenvalue weighted by Gasteiger charge is 2.08. The van der Waals surface area contributed by atoms with Gasteiger partial charge in [0.1, 0.15) is 5.75 Å². The number of benzene rings is 2. The maximum Gasteiger partial charge on any atom is 0.335 e. The number of anilines is 1. The van der Waals surface area contributed by atoms with Gasteiger partial charge < -0.3 is 15.2 Å². The molecule has 2 rings (SSSR count). The summed E-state index contributed by atoms with van der Waals surface area (Å²) in [4.78, 5) is 11.0. The molecule has 0 atom stereocenters. The maximum absolute atomic E-state index is 11.0. The largest absolute Gasteiger partial charge is 0.492 e. The number of nitrogens with one attached hydrogen (secondary N) is 1. The van der Waals surface area contributed by atoms with Crippen LogP contribution in [-0.4, -0.2) is 17.7 Å². The zero-order chi connectivity index (χ0) is 16.1. The van der Waals surface area contributed by atoms with Gasteiger partial charge in [-0.1, -0.05) is 29.3 Å². The van der Waals surface area contributed by atoms with Gasteiger partial charge in [0, 0.05) is 6.54 Å². The van der Waals surface area contributed by atoms with Gasteiger partial charge in [-0.05, 0) is 42.8 Å². The lowest BCUT2D eigenvalue weighted by Crippen LogP contribution is -2.03. The smallest absolute Gasteiger partial charge is 0.335 e. The quantitative estimate of drug-likeness (QED) is 0.800. The minimum absolute atomic E-state index is 0.177. The van der Waals surface area contributed by atoms with Crippen molar-refractivity contribution in [2.45, 2.75) is 13.5 Å². The molecular formula is C16H15Cl2NO3. The monoisotopic (exact) mass is 339 g/mol. The van der Waals surface area contributed by atoms with E-state index in [1.54, 1.807) is 18.2 Å². The van der Waals surface area contributed by atoms with Crippen LogP contribution in [0, 0.1) is 0 Å². The fourth-order valence-corrected chi connectivity index (χ4v) is 2.36. The summed E-state index contributed by atoms with van der Waals surface area (Å²) in [5, 5.41) is 13.1. The van der Waals surface area contributed by atoms with Gasteiger partial charge in [-0.15, -0.1) is 0 Å². The molecule has 0 fully saturated rings. The summed E-state index contributed by atoms with van der Waals surface area (Å²) >= 11 is 12.2. The average Bonchev–Trinajstić information content (AvgIpc) is 2.49. The lowest BCUT2D eigenvalue weighted by Gasteiger charge is -2.11. The molecule has 0 unspecified atom stereocenters. The van der Waals surface area contributed by atoms with Crippen molar-refractivity contribution in [3.63, 3.8) is 0 Å². The van der Waals surface area contributed by atoms with Gasteiger partial charge in [0.15, 0.2) is 0 Å². The van der Waals surface area contributed by atoms with Crippen molar-refractivity contribution < 1.29 is 14.6 Å². The second kappa shape index (κ2) is 7.38. The summed E-state index contributed by atoms with van der Waals surface area (Å²) in [6, 6.07) is 10.0. The van der Waals surface area contributed by atoms with E-state index < -0.39 is 5.97 Å². The van der Waals surface area contributed by atoms with Crippen LogP contribution < -0.4 is 10.1 Å². The highest BCUT2D eigenvalue weighted by atomic mass is 35.5. The van der Waals surface area contributed by atoms with E-state index in [2.05, 4.69) is 5.32 Å². The molecule has 0 saturated carbocycles. The van der Waals surface area contributed by atoms with Crippen LogP contribution in [-0.2, 0) is 6.54 Å². The summed E-state index contributed by atoms with van der Waals surface area (Å²) in [5.41, 5.74) is 1.67. The Hall–Kier alpha value is -1.91. The Kier molecular flexibility index (Phi) is 5.52. The number of hydrogen-bond acceptors (Lipinski definition) is 3. The van der Waals surface area contributed by atoms with Gasteiger partial charge in [0.25, 0.3) is 0 Å². The van der Waals surface area contributed by atoms with Gasteiger partial charge in [0.2, 0.25) is 0 Å². The van der Waals surface area contributed by atoms with Crippen molar-refractivity contribution in [3.8, 4) is 5.75 Å². The highest BCUT2D eigenvalue weighted by Crippen LogP contribution is 2.27. The zero-order valence-electron chi connectivity index (χ0n) is 11.9. The minimum Gasteiger partial charge on any atom is -0.492 e. The van der Waals surface area contributed by atoms with E-state index in [1.807, 2.05) is 13.0 Å². The van der Waals surface area contributed by atoms with E-state index in [0.29, 0.717) is 34.6 Å². The first kappa shape index (κ1) is 16.5. The zero-order valence-corrected chi connectivity index (χ0v) is 13.4. The van der Waals surface area contributed by atoms with Crippen LogP contribution in [0.3, 0.4) is 0 Å². The average molecular weight is 340 g/mol. The van der Waals surface area contributed by atoms with Crippen molar-refractivity contribution in [3.05, 3.63) is 57.6 Å². The molecule has 0 spiro atoms. The predicted octanol–water partition coefficient (Wildman–Crippen LogP) is 4.70. The predicted molar refractivity (Wildman–Crippen MR) is 88.4 cm³/mol. The first-order valence-corrected chi connectivity index (χ1v) is 7.44. The lowest BCUT2D eigenvalue weighted by atomic mass is 10.1. The van der Waals surface area contributed by atoms with Gasteiger partial charge in [0.05, 0.1) is 27.9 Å². The van der Waals surface area contributed by atoms with Gasteiger partial charge >= 0.3 is 5.97 Å². The Morgan fingerprint density at radius 2 is 1.95 bits per heavy atom. The van der Waals surface area contributed by atoms with Crippen molar-refractivity contribution in [1.29, 1.82) is 0 Å². The van der Waals surface area contributed by atoms with Crippen LogP contribution >= 0.6 is 23.2 Å². The van der Waals surface area contributed by atoms with Crippen molar-refractivity contribution in [2.75, 3.05) is 11.9 Å². The van der Waals surface area contributed by atoms with Crippen LogP contribution in [0.15, 0.2) is 36.4 Å². The number of rotatable bonds is 6. The van der Waals surface area contributed by atoms with Gasteiger partial charge in [-0.3, -0.25) is 0 Å². The SMILES string of the molecule is CCOc1ccc(CNc2cc(C(=O)O)ccc2Cl)cc1Cl. The Labute approximate surface area is 138 Å². The molecule has 0 aliphatic heterocycles. The van der Waals surface area contributed by atoms with Gasteiger partial charge in [-0.2, -0.15) is 0 Å². The molecular weight excluding hydrogens is 325 g/mol. The Bertz CT molecular complexity index is 689. The van der Waals surface area contributed by atoms with E-state index in [0.717, 1.165) is 5.56 Å². The molecule has 0 saturated heterocycles. The summed E-state index contributed by atoms with van der Waals surface area (Å²) in [5.74, 6) is -0.359. The second-order valence-electron chi connectivity index (χ2n) is 4.55. The number of halogens is 2. The van der Waals surface area contributed by atoms with E-state index in [-0.39, 0.29) is 5.56 Å². The molecule has 0 heterocycles. The Morgan fingerprint density at radius 3 is 2.59 bits per heavy atom. The molecule has 22 heavy (non-hydrogen) atoms. The molecule has 0 aliphatic rings.